The summed E-state index contributed by atoms with van der Waals surface area (Å²) in [6.45, 7) is 2.70. The molecule has 0 aliphatic carbocycles. The maximum atomic E-state index is 11.7. The third-order valence-electron chi connectivity index (χ3n) is 0.970. The molecule has 0 rings (SSSR count). The van der Waals surface area contributed by atoms with Crippen molar-refractivity contribution in [2.75, 3.05) is 13.6 Å². The number of nitrogens with zero attached hydrogens (tertiary/aromatic N) is 2. The van der Waals surface area contributed by atoms with E-state index in [1.807, 2.05) is 13.8 Å². The molecule has 72 valence electrons. The first-order chi connectivity index (χ1) is 5.31. The zero-order valence-corrected chi connectivity index (χ0v) is 7.39. The Hall–Kier alpha value is -0.740. The maximum Gasteiger partial charge on any atom is 0.407 e. The molecule has 0 aromatic heterocycles. The van der Waals surface area contributed by atoms with Gasteiger partial charge in [0.05, 0.1) is 0 Å². The van der Waals surface area contributed by atoms with Gasteiger partial charge < -0.3 is 0 Å². The molecule has 5 heteroatoms. The summed E-state index contributed by atoms with van der Waals surface area (Å²) in [7, 11) is 1.30. The van der Waals surface area contributed by atoms with Crippen LogP contribution >= 0.6 is 0 Å². The van der Waals surface area contributed by atoms with Crippen molar-refractivity contribution in [3.8, 4) is 0 Å². The van der Waals surface area contributed by atoms with Crippen LogP contribution in [0.2, 0.25) is 0 Å². The first-order valence-electron chi connectivity index (χ1n) is 3.63. The Kier molecular flexibility index (Phi) is 4.06. The summed E-state index contributed by atoms with van der Waals surface area (Å²) in [6, 6.07) is 0. The van der Waals surface area contributed by atoms with Crippen LogP contribution in [0.5, 0.6) is 0 Å². The van der Waals surface area contributed by atoms with Gasteiger partial charge in [0.1, 0.15) is 6.54 Å². The van der Waals surface area contributed by atoms with Crippen molar-refractivity contribution in [3.05, 3.63) is 0 Å². The van der Waals surface area contributed by atoms with E-state index >= 15 is 0 Å². The topological polar surface area (TPSA) is 15.6 Å². The predicted molar refractivity (Wildman–Crippen MR) is 42.0 cm³/mol. The van der Waals surface area contributed by atoms with E-state index < -0.39 is 12.7 Å². The average Bonchev–Trinajstić information content (AvgIpc) is 1.79. The smallest absolute Gasteiger partial charge is 0.291 e. The predicted octanol–water partition coefficient (Wildman–Crippen LogP) is 2.12. The third-order valence-corrected chi connectivity index (χ3v) is 0.970. The fourth-order valence-corrected chi connectivity index (χ4v) is 0.547. The summed E-state index contributed by atoms with van der Waals surface area (Å²) in [4.78, 5) is 0. The van der Waals surface area contributed by atoms with Crippen LogP contribution in [0, 0.1) is 5.92 Å². The largest absolute Gasteiger partial charge is 0.407 e. The summed E-state index contributed by atoms with van der Waals surface area (Å²) in [5.41, 5.74) is 0. The van der Waals surface area contributed by atoms with Crippen LogP contribution < -0.4 is 0 Å². The highest BCUT2D eigenvalue weighted by Gasteiger charge is 2.28. The molecule has 0 amide bonds. The van der Waals surface area contributed by atoms with Crippen molar-refractivity contribution < 1.29 is 13.2 Å². The van der Waals surface area contributed by atoms with E-state index in [9.17, 15) is 13.2 Å². The maximum absolute atomic E-state index is 11.7. The number of halogens is 3. The molecule has 2 nitrogen and oxygen atoms in total. The number of alkyl halides is 3. The molecular weight excluding hydrogens is 169 g/mol. The van der Waals surface area contributed by atoms with Gasteiger partial charge in [-0.1, -0.05) is 13.8 Å². The first-order valence-corrected chi connectivity index (χ1v) is 3.63. The van der Waals surface area contributed by atoms with E-state index in [1.54, 1.807) is 0 Å². The lowest BCUT2D eigenvalue weighted by Crippen LogP contribution is -2.27. The average molecular weight is 182 g/mol. The van der Waals surface area contributed by atoms with Crippen molar-refractivity contribution in [1.29, 1.82) is 0 Å². The molecule has 12 heavy (non-hydrogen) atoms. The number of hydrazone groups is 1. The van der Waals surface area contributed by atoms with Gasteiger partial charge in [-0.25, -0.2) is 0 Å². The van der Waals surface area contributed by atoms with E-state index in [0.717, 1.165) is 5.01 Å². The lowest BCUT2D eigenvalue weighted by molar-refractivity contribution is -0.142. The lowest BCUT2D eigenvalue weighted by atomic mass is 10.3. The van der Waals surface area contributed by atoms with Gasteiger partial charge >= 0.3 is 6.18 Å². The molecule has 0 radical (unpaired) electrons. The van der Waals surface area contributed by atoms with Gasteiger partial charge in [-0.2, -0.15) is 18.3 Å². The van der Waals surface area contributed by atoms with Crippen LogP contribution in [0.4, 0.5) is 13.2 Å². The van der Waals surface area contributed by atoms with Crippen LogP contribution in [-0.2, 0) is 0 Å². The summed E-state index contributed by atoms with van der Waals surface area (Å²) in [6.07, 6.45) is -2.70. The third kappa shape index (κ3) is 7.37. The lowest BCUT2D eigenvalue weighted by Gasteiger charge is -2.15. The van der Waals surface area contributed by atoms with Crippen LogP contribution in [0.3, 0.4) is 0 Å². The van der Waals surface area contributed by atoms with Crippen LogP contribution in [0.1, 0.15) is 13.8 Å². The Balaban J connectivity index is 3.82. The summed E-state index contributed by atoms with van der Waals surface area (Å²) in [5.74, 6) is 0.167. The van der Waals surface area contributed by atoms with Crippen LogP contribution in [0.15, 0.2) is 5.10 Å². The fourth-order valence-electron chi connectivity index (χ4n) is 0.547. The molecule has 0 aliphatic heterocycles. The van der Waals surface area contributed by atoms with Crippen molar-refractivity contribution >= 4 is 6.21 Å². The molecule has 0 N–H and O–H groups in total. The molecule has 0 atom stereocenters. The molecule has 0 aliphatic rings. The second-order valence-electron chi connectivity index (χ2n) is 2.94. The molecule has 0 saturated carbocycles. The van der Waals surface area contributed by atoms with Gasteiger partial charge in [-0.05, 0) is 5.92 Å². The van der Waals surface area contributed by atoms with E-state index in [2.05, 4.69) is 5.10 Å². The number of hydrogen-bond acceptors (Lipinski definition) is 2. The molecule has 0 bridgehead atoms. The second-order valence-corrected chi connectivity index (χ2v) is 2.94. The van der Waals surface area contributed by atoms with Crippen molar-refractivity contribution in [2.24, 2.45) is 11.0 Å². The summed E-state index contributed by atoms with van der Waals surface area (Å²) < 4.78 is 35.1. The zero-order chi connectivity index (χ0) is 9.78. The Morgan fingerprint density at radius 3 is 2.25 bits per heavy atom. The highest BCUT2D eigenvalue weighted by atomic mass is 19.4. The normalized spacial score (nSPS) is 12.9. The molecule has 0 spiro atoms. The second kappa shape index (κ2) is 4.33. The minimum Gasteiger partial charge on any atom is -0.291 e. The number of hydrogen-bond donors (Lipinski definition) is 0. The van der Waals surface area contributed by atoms with Gasteiger partial charge in [0.2, 0.25) is 0 Å². The monoisotopic (exact) mass is 182 g/mol. The highest BCUT2D eigenvalue weighted by Crippen LogP contribution is 2.15. The van der Waals surface area contributed by atoms with Gasteiger partial charge in [-0.15, -0.1) is 0 Å². The van der Waals surface area contributed by atoms with E-state index in [1.165, 1.54) is 13.3 Å². The molecule has 0 heterocycles. The minimum absolute atomic E-state index is 0.167. The highest BCUT2D eigenvalue weighted by molar-refractivity contribution is 5.59. The van der Waals surface area contributed by atoms with Crippen molar-refractivity contribution in [1.82, 2.24) is 5.01 Å². The van der Waals surface area contributed by atoms with Crippen LogP contribution in [0.25, 0.3) is 0 Å². The quantitative estimate of drug-likeness (QED) is 0.482. The van der Waals surface area contributed by atoms with Gasteiger partial charge in [-0.3, -0.25) is 5.01 Å². The molecule has 0 aromatic carbocycles. The van der Waals surface area contributed by atoms with Crippen LogP contribution in [-0.4, -0.2) is 31.0 Å². The SMILES string of the molecule is CC(C)/C=N/N(C)CC(F)(F)F. The molecular formula is C7H13F3N2. The van der Waals surface area contributed by atoms with Gasteiger partial charge in [0, 0.05) is 13.3 Å². The first kappa shape index (κ1) is 11.3. The molecule has 0 fully saturated rings. The van der Waals surface area contributed by atoms with Gasteiger partial charge in [0.15, 0.2) is 0 Å². The van der Waals surface area contributed by atoms with Crippen molar-refractivity contribution in [3.63, 3.8) is 0 Å². The molecule has 0 saturated heterocycles. The van der Waals surface area contributed by atoms with E-state index in [0.29, 0.717) is 0 Å². The Morgan fingerprint density at radius 1 is 1.42 bits per heavy atom. The zero-order valence-electron chi connectivity index (χ0n) is 7.39. The Morgan fingerprint density at radius 2 is 1.92 bits per heavy atom. The summed E-state index contributed by atoms with van der Waals surface area (Å²) >= 11 is 0. The fraction of sp³-hybridized carbons (Fsp3) is 0.857. The van der Waals surface area contributed by atoms with Crippen molar-refractivity contribution in [2.45, 2.75) is 20.0 Å². The van der Waals surface area contributed by atoms with Gasteiger partial charge in [0.25, 0.3) is 0 Å². The van der Waals surface area contributed by atoms with E-state index in [4.69, 9.17) is 0 Å². The Bertz CT molecular complexity index is 151. The Labute approximate surface area is 70.1 Å². The minimum atomic E-state index is -4.18. The number of rotatable bonds is 3. The standard InChI is InChI=1S/C7H13F3N2/c1-6(2)4-11-12(3)5-7(8,9)10/h4,6H,5H2,1-3H3/b11-4+. The molecule has 0 aromatic rings. The molecule has 0 unspecified atom stereocenters. The summed E-state index contributed by atoms with van der Waals surface area (Å²) in [5, 5.41) is 4.47. The van der Waals surface area contributed by atoms with E-state index in [-0.39, 0.29) is 5.92 Å².